The van der Waals surface area contributed by atoms with E-state index >= 15 is 0 Å². The maximum atomic E-state index is 10.5. The number of nitrogens with zero attached hydrogens (tertiary/aromatic N) is 4. The van der Waals surface area contributed by atoms with E-state index < -0.39 is 5.97 Å². The van der Waals surface area contributed by atoms with Crippen molar-refractivity contribution < 1.29 is 14.6 Å². The van der Waals surface area contributed by atoms with Crippen LogP contribution in [0.4, 0.5) is 0 Å². The molecule has 0 aliphatic rings. The highest BCUT2D eigenvalue weighted by atomic mass is 79.9. The lowest BCUT2D eigenvalue weighted by molar-refractivity contribution is -0.137. The van der Waals surface area contributed by atoms with Crippen molar-refractivity contribution in [2.45, 2.75) is 19.4 Å². The third-order valence-corrected chi connectivity index (χ3v) is 3.40. The first-order valence-corrected chi connectivity index (χ1v) is 6.73. The number of halogens is 1. The van der Waals surface area contributed by atoms with Gasteiger partial charge in [-0.25, -0.2) is 4.68 Å². The molecule has 0 saturated carbocycles. The van der Waals surface area contributed by atoms with Crippen LogP contribution >= 0.6 is 15.9 Å². The normalized spacial score (nSPS) is 10.5. The number of hydrogen-bond acceptors (Lipinski definition) is 5. The number of carboxylic acid groups (broad SMARTS) is 1. The summed E-state index contributed by atoms with van der Waals surface area (Å²) in [4.78, 5) is 10.5. The van der Waals surface area contributed by atoms with Crippen molar-refractivity contribution >= 4 is 21.9 Å². The molecule has 1 aromatic heterocycles. The Hall–Kier alpha value is -1.96. The molecule has 0 aliphatic heterocycles. The van der Waals surface area contributed by atoms with Gasteiger partial charge in [-0.2, -0.15) is 0 Å². The molecule has 0 spiro atoms. The molecule has 0 atom stereocenters. The van der Waals surface area contributed by atoms with Crippen LogP contribution in [0, 0.1) is 0 Å². The fraction of sp³-hybridized carbons (Fsp3) is 0.333. The molecule has 1 heterocycles. The Labute approximate surface area is 123 Å². The first-order valence-electron chi connectivity index (χ1n) is 5.93. The topological polar surface area (TPSA) is 90.1 Å². The molecule has 0 radical (unpaired) electrons. The number of methoxy groups -OCH3 is 1. The Kier molecular flexibility index (Phi) is 4.67. The van der Waals surface area contributed by atoms with Gasteiger partial charge in [0.1, 0.15) is 5.75 Å². The SMILES string of the molecule is COc1ccc(Br)c(-c2nnnn2CCCC(=O)O)c1. The number of carbonyl (C=O) groups is 1. The van der Waals surface area contributed by atoms with Crippen LogP contribution in [0.3, 0.4) is 0 Å². The zero-order chi connectivity index (χ0) is 14.5. The van der Waals surface area contributed by atoms with Crippen molar-refractivity contribution in [3.05, 3.63) is 22.7 Å². The zero-order valence-corrected chi connectivity index (χ0v) is 12.4. The number of hydrogen-bond donors (Lipinski definition) is 1. The number of tetrazole rings is 1. The van der Waals surface area contributed by atoms with Crippen molar-refractivity contribution in [3.8, 4) is 17.1 Å². The van der Waals surface area contributed by atoms with E-state index in [1.54, 1.807) is 11.8 Å². The Morgan fingerprint density at radius 3 is 3.00 bits per heavy atom. The summed E-state index contributed by atoms with van der Waals surface area (Å²) in [7, 11) is 1.59. The first kappa shape index (κ1) is 14.4. The highest BCUT2D eigenvalue weighted by Crippen LogP contribution is 2.30. The standard InChI is InChI=1S/C12H13BrN4O3/c1-20-8-4-5-10(13)9(7-8)12-14-15-16-17(12)6-2-3-11(18)19/h4-5,7H,2-3,6H2,1H3,(H,18,19). The van der Waals surface area contributed by atoms with Gasteiger partial charge in [0, 0.05) is 23.0 Å². The van der Waals surface area contributed by atoms with Crippen molar-refractivity contribution in [1.82, 2.24) is 20.2 Å². The maximum Gasteiger partial charge on any atom is 0.303 e. The number of aliphatic carboxylic acids is 1. The average molecular weight is 341 g/mol. The Morgan fingerprint density at radius 1 is 1.50 bits per heavy atom. The molecule has 0 unspecified atom stereocenters. The van der Waals surface area contributed by atoms with Crippen molar-refractivity contribution in [3.63, 3.8) is 0 Å². The number of rotatable bonds is 6. The predicted octanol–water partition coefficient (Wildman–Crippen LogP) is 1.98. The van der Waals surface area contributed by atoms with Crippen LogP contribution in [0.5, 0.6) is 5.75 Å². The van der Waals surface area contributed by atoms with Gasteiger partial charge >= 0.3 is 5.97 Å². The molecule has 0 bridgehead atoms. The minimum absolute atomic E-state index is 0.0819. The van der Waals surface area contributed by atoms with Gasteiger partial charge in [-0.1, -0.05) is 15.9 Å². The summed E-state index contributed by atoms with van der Waals surface area (Å²) in [6.07, 6.45) is 0.549. The van der Waals surface area contributed by atoms with Crippen LogP contribution in [0.1, 0.15) is 12.8 Å². The monoisotopic (exact) mass is 340 g/mol. The number of aromatic nitrogens is 4. The fourth-order valence-corrected chi connectivity index (χ4v) is 2.15. The molecule has 2 rings (SSSR count). The molecule has 20 heavy (non-hydrogen) atoms. The number of benzene rings is 1. The molecule has 0 saturated heterocycles. The van der Waals surface area contributed by atoms with Gasteiger partial charge < -0.3 is 9.84 Å². The van der Waals surface area contributed by atoms with Crippen LogP contribution in [0.15, 0.2) is 22.7 Å². The molecular formula is C12H13BrN4O3. The van der Waals surface area contributed by atoms with Gasteiger partial charge in [0.15, 0.2) is 5.82 Å². The molecule has 1 N–H and O–H groups in total. The summed E-state index contributed by atoms with van der Waals surface area (Å²) in [5.41, 5.74) is 0.796. The lowest BCUT2D eigenvalue weighted by atomic mass is 10.2. The van der Waals surface area contributed by atoms with Crippen LogP contribution in [-0.2, 0) is 11.3 Å². The molecule has 8 heteroatoms. The van der Waals surface area contributed by atoms with Crippen LogP contribution < -0.4 is 4.74 Å². The summed E-state index contributed by atoms with van der Waals surface area (Å²) >= 11 is 3.45. The molecule has 106 valence electrons. The second-order valence-electron chi connectivity index (χ2n) is 4.07. The summed E-state index contributed by atoms with van der Waals surface area (Å²) < 4.78 is 7.61. The van der Waals surface area contributed by atoms with E-state index in [1.807, 2.05) is 18.2 Å². The van der Waals surface area contributed by atoms with Gasteiger partial charge in [-0.05, 0) is 35.0 Å². The summed E-state index contributed by atoms with van der Waals surface area (Å²) in [6, 6.07) is 5.50. The largest absolute Gasteiger partial charge is 0.497 e. The van der Waals surface area contributed by atoms with Gasteiger partial charge in [0.25, 0.3) is 0 Å². The van der Waals surface area contributed by atoms with E-state index in [4.69, 9.17) is 9.84 Å². The van der Waals surface area contributed by atoms with Crippen LogP contribution in [-0.4, -0.2) is 38.4 Å². The first-order chi connectivity index (χ1) is 9.61. The third-order valence-electron chi connectivity index (χ3n) is 2.71. The van der Waals surface area contributed by atoms with Crippen LogP contribution in [0.2, 0.25) is 0 Å². The van der Waals surface area contributed by atoms with Gasteiger partial charge in [0.05, 0.1) is 7.11 Å². The van der Waals surface area contributed by atoms with E-state index in [9.17, 15) is 4.79 Å². The van der Waals surface area contributed by atoms with E-state index in [2.05, 4.69) is 31.5 Å². The van der Waals surface area contributed by atoms with E-state index in [1.165, 1.54) is 0 Å². The number of carboxylic acids is 1. The maximum absolute atomic E-state index is 10.5. The highest BCUT2D eigenvalue weighted by Gasteiger charge is 2.13. The summed E-state index contributed by atoms with van der Waals surface area (Å²) in [5.74, 6) is 0.437. The summed E-state index contributed by atoms with van der Waals surface area (Å²) in [6.45, 7) is 0.443. The molecule has 1 aromatic carbocycles. The van der Waals surface area contributed by atoms with Gasteiger partial charge in [-0.15, -0.1) is 5.10 Å². The predicted molar refractivity (Wildman–Crippen MR) is 74.4 cm³/mol. The highest BCUT2D eigenvalue weighted by molar-refractivity contribution is 9.10. The zero-order valence-electron chi connectivity index (χ0n) is 10.8. The third kappa shape index (κ3) is 3.32. The Morgan fingerprint density at radius 2 is 2.30 bits per heavy atom. The molecule has 2 aromatic rings. The molecular weight excluding hydrogens is 328 g/mol. The summed E-state index contributed by atoms with van der Waals surface area (Å²) in [5, 5.41) is 20.2. The smallest absolute Gasteiger partial charge is 0.303 e. The Balaban J connectivity index is 2.25. The quantitative estimate of drug-likeness (QED) is 0.864. The van der Waals surface area contributed by atoms with E-state index in [0.29, 0.717) is 24.5 Å². The van der Waals surface area contributed by atoms with Crippen molar-refractivity contribution in [1.29, 1.82) is 0 Å². The van der Waals surface area contributed by atoms with Crippen molar-refractivity contribution in [2.24, 2.45) is 0 Å². The molecule has 0 amide bonds. The molecule has 0 aliphatic carbocycles. The van der Waals surface area contributed by atoms with Crippen LogP contribution in [0.25, 0.3) is 11.4 Å². The minimum atomic E-state index is -0.831. The Bertz CT molecular complexity index is 614. The van der Waals surface area contributed by atoms with E-state index in [0.717, 1.165) is 10.0 Å². The van der Waals surface area contributed by atoms with E-state index in [-0.39, 0.29) is 6.42 Å². The molecule has 7 nitrogen and oxygen atoms in total. The number of ether oxygens (including phenoxy) is 1. The fourth-order valence-electron chi connectivity index (χ4n) is 1.73. The minimum Gasteiger partial charge on any atom is -0.497 e. The second-order valence-corrected chi connectivity index (χ2v) is 4.92. The van der Waals surface area contributed by atoms with Gasteiger partial charge in [-0.3, -0.25) is 4.79 Å². The lowest BCUT2D eigenvalue weighted by Crippen LogP contribution is -2.06. The average Bonchev–Trinajstić information content (AvgIpc) is 2.87. The second kappa shape index (κ2) is 6.47. The molecule has 0 fully saturated rings. The van der Waals surface area contributed by atoms with Crippen molar-refractivity contribution in [2.75, 3.05) is 7.11 Å². The number of aryl methyl sites for hydroxylation is 1. The lowest BCUT2D eigenvalue weighted by Gasteiger charge is -2.07. The van der Waals surface area contributed by atoms with Gasteiger partial charge in [0.2, 0.25) is 0 Å².